The number of aromatic nitrogens is 2. The van der Waals surface area contributed by atoms with Crippen molar-refractivity contribution in [2.24, 2.45) is 7.05 Å². The largest absolute Gasteiger partial charge is 0.506 e. The van der Waals surface area contributed by atoms with Gasteiger partial charge in [-0.1, -0.05) is 11.6 Å². The molecule has 1 aromatic carbocycles. The van der Waals surface area contributed by atoms with E-state index in [-0.39, 0.29) is 11.4 Å². The third-order valence-corrected chi connectivity index (χ3v) is 3.23. The molecule has 0 bridgehead atoms. The molecule has 2 N–H and O–H groups in total. The Morgan fingerprint density at radius 3 is 2.89 bits per heavy atom. The van der Waals surface area contributed by atoms with Gasteiger partial charge in [0.05, 0.1) is 9.26 Å². The van der Waals surface area contributed by atoms with E-state index in [0.717, 1.165) is 3.57 Å². The lowest BCUT2D eigenvalue weighted by molar-refractivity contribution is 0.102. The van der Waals surface area contributed by atoms with Gasteiger partial charge in [0.1, 0.15) is 5.75 Å². The van der Waals surface area contributed by atoms with Crippen molar-refractivity contribution in [1.29, 1.82) is 0 Å². The lowest BCUT2D eigenvalue weighted by atomic mass is 10.3. The van der Waals surface area contributed by atoms with Crippen LogP contribution in [0.1, 0.15) is 10.5 Å². The van der Waals surface area contributed by atoms with Crippen LogP contribution in [0.2, 0.25) is 5.02 Å². The van der Waals surface area contributed by atoms with Gasteiger partial charge in [0, 0.05) is 18.3 Å². The number of hydrogen-bond acceptors (Lipinski definition) is 3. The number of carbonyl (C=O) groups excluding carboxylic acids is 1. The van der Waals surface area contributed by atoms with Crippen molar-refractivity contribution in [1.82, 2.24) is 9.78 Å². The molecular weight excluding hydrogens is 368 g/mol. The molecule has 0 saturated heterocycles. The van der Waals surface area contributed by atoms with E-state index >= 15 is 0 Å². The molecule has 1 heterocycles. The molecule has 5 nitrogen and oxygen atoms in total. The minimum Gasteiger partial charge on any atom is -0.506 e. The van der Waals surface area contributed by atoms with Gasteiger partial charge in [0.25, 0.3) is 5.91 Å². The second-order valence-electron chi connectivity index (χ2n) is 3.61. The first-order valence-corrected chi connectivity index (χ1v) is 6.42. The third-order valence-electron chi connectivity index (χ3n) is 2.21. The number of anilines is 1. The minimum absolute atomic E-state index is 0.0429. The zero-order valence-electron chi connectivity index (χ0n) is 9.32. The summed E-state index contributed by atoms with van der Waals surface area (Å²) in [5.74, 6) is -0.434. The lowest BCUT2D eigenvalue weighted by Crippen LogP contribution is -2.14. The Labute approximate surface area is 122 Å². The summed E-state index contributed by atoms with van der Waals surface area (Å²) in [5, 5.41) is 16.6. The fraction of sp³-hybridized carbons (Fsp3) is 0.0909. The van der Waals surface area contributed by atoms with E-state index in [9.17, 15) is 9.90 Å². The quantitative estimate of drug-likeness (QED) is 0.624. The molecule has 1 aromatic heterocycles. The van der Waals surface area contributed by atoms with Crippen LogP contribution >= 0.6 is 34.2 Å². The van der Waals surface area contributed by atoms with Crippen LogP contribution in [-0.2, 0) is 7.05 Å². The maximum atomic E-state index is 12.0. The monoisotopic (exact) mass is 377 g/mol. The molecule has 0 atom stereocenters. The number of halogens is 2. The van der Waals surface area contributed by atoms with E-state index in [0.29, 0.717) is 10.7 Å². The van der Waals surface area contributed by atoms with Crippen molar-refractivity contribution < 1.29 is 9.90 Å². The third kappa shape index (κ3) is 2.75. The molecule has 0 fully saturated rings. The Morgan fingerprint density at radius 1 is 1.56 bits per heavy atom. The fourth-order valence-corrected chi connectivity index (χ4v) is 2.33. The van der Waals surface area contributed by atoms with E-state index < -0.39 is 5.91 Å². The number of rotatable bonds is 2. The van der Waals surface area contributed by atoms with E-state index in [4.69, 9.17) is 11.6 Å². The summed E-state index contributed by atoms with van der Waals surface area (Å²) in [7, 11) is 1.73. The highest BCUT2D eigenvalue weighted by molar-refractivity contribution is 14.1. The summed E-state index contributed by atoms with van der Waals surface area (Å²) < 4.78 is 2.28. The molecule has 0 spiro atoms. The number of nitrogens with zero attached hydrogens (tertiary/aromatic N) is 2. The van der Waals surface area contributed by atoms with Crippen LogP contribution in [0.4, 0.5) is 5.69 Å². The second-order valence-corrected chi connectivity index (χ2v) is 5.21. The zero-order valence-corrected chi connectivity index (χ0v) is 12.2. The molecule has 0 aliphatic rings. The first kappa shape index (κ1) is 13.2. The van der Waals surface area contributed by atoms with E-state index in [2.05, 4.69) is 10.4 Å². The normalized spacial score (nSPS) is 10.4. The molecule has 0 unspecified atom stereocenters. The van der Waals surface area contributed by atoms with Crippen LogP contribution in [0, 0.1) is 3.57 Å². The Morgan fingerprint density at radius 2 is 2.28 bits per heavy atom. The Balaban J connectivity index is 2.26. The number of hydrogen-bond donors (Lipinski definition) is 2. The van der Waals surface area contributed by atoms with Crippen LogP contribution in [0.15, 0.2) is 24.4 Å². The molecule has 94 valence electrons. The molecule has 0 aliphatic heterocycles. The maximum absolute atomic E-state index is 12.0. The first-order valence-electron chi connectivity index (χ1n) is 4.96. The molecule has 1 amide bonds. The molecule has 0 saturated carbocycles. The van der Waals surface area contributed by atoms with Gasteiger partial charge in [-0.3, -0.25) is 9.48 Å². The maximum Gasteiger partial charge on any atom is 0.277 e. The molecule has 0 aliphatic carbocycles. The smallest absolute Gasteiger partial charge is 0.277 e. The van der Waals surface area contributed by atoms with E-state index in [1.54, 1.807) is 17.9 Å². The Bertz CT molecular complexity index is 612. The second kappa shape index (κ2) is 5.15. The molecule has 0 radical (unpaired) electrons. The zero-order chi connectivity index (χ0) is 13.3. The summed E-state index contributed by atoms with van der Waals surface area (Å²) in [6.45, 7) is 0. The van der Waals surface area contributed by atoms with Gasteiger partial charge < -0.3 is 10.4 Å². The number of aryl methyl sites for hydroxylation is 1. The van der Waals surface area contributed by atoms with Gasteiger partial charge in [-0.05, 0) is 40.8 Å². The predicted octanol–water partition coefficient (Wildman–Crippen LogP) is 2.64. The Hall–Kier alpha value is -1.28. The van der Waals surface area contributed by atoms with Gasteiger partial charge in [-0.15, -0.1) is 0 Å². The number of amides is 1. The lowest BCUT2D eigenvalue weighted by Gasteiger charge is -2.06. The predicted molar refractivity (Wildman–Crippen MR) is 77.0 cm³/mol. The molecule has 7 heteroatoms. The molecule has 2 rings (SSSR count). The van der Waals surface area contributed by atoms with Gasteiger partial charge >= 0.3 is 0 Å². The fourth-order valence-electron chi connectivity index (χ4n) is 1.40. The topological polar surface area (TPSA) is 67.2 Å². The van der Waals surface area contributed by atoms with Crippen molar-refractivity contribution in [2.75, 3.05) is 5.32 Å². The van der Waals surface area contributed by atoms with Crippen molar-refractivity contribution in [3.05, 3.63) is 38.7 Å². The highest BCUT2D eigenvalue weighted by Crippen LogP contribution is 2.27. The van der Waals surface area contributed by atoms with Gasteiger partial charge in [-0.2, -0.15) is 5.10 Å². The number of carbonyl (C=O) groups is 1. The SMILES string of the molecule is Cn1cc(I)c(C(=O)Nc2cc(Cl)ccc2O)n1. The number of phenols is 1. The van der Waals surface area contributed by atoms with Crippen molar-refractivity contribution >= 4 is 45.8 Å². The van der Waals surface area contributed by atoms with Crippen molar-refractivity contribution in [3.63, 3.8) is 0 Å². The summed E-state index contributed by atoms with van der Waals surface area (Å²) >= 11 is 7.82. The standard InChI is InChI=1S/C11H9ClIN3O2/c1-16-5-7(13)10(15-16)11(18)14-8-4-6(12)2-3-9(8)17/h2-5,17H,1H3,(H,14,18). The minimum atomic E-state index is -0.391. The van der Waals surface area contributed by atoms with Crippen LogP contribution in [0.5, 0.6) is 5.75 Å². The van der Waals surface area contributed by atoms with Gasteiger partial charge in [-0.25, -0.2) is 0 Å². The van der Waals surface area contributed by atoms with Crippen molar-refractivity contribution in [2.45, 2.75) is 0 Å². The number of nitrogens with one attached hydrogen (secondary N) is 1. The van der Waals surface area contributed by atoms with E-state index in [1.807, 2.05) is 22.6 Å². The van der Waals surface area contributed by atoms with Gasteiger partial charge in [0.2, 0.25) is 0 Å². The van der Waals surface area contributed by atoms with Crippen LogP contribution in [0.3, 0.4) is 0 Å². The number of aromatic hydroxyl groups is 1. The average Bonchev–Trinajstić information content (AvgIpc) is 2.63. The van der Waals surface area contributed by atoms with Crippen LogP contribution in [-0.4, -0.2) is 20.8 Å². The summed E-state index contributed by atoms with van der Waals surface area (Å²) in [5.41, 5.74) is 0.562. The van der Waals surface area contributed by atoms with E-state index in [1.165, 1.54) is 18.2 Å². The summed E-state index contributed by atoms with van der Waals surface area (Å²) in [4.78, 5) is 12.0. The highest BCUT2D eigenvalue weighted by Gasteiger charge is 2.15. The summed E-state index contributed by atoms with van der Waals surface area (Å²) in [6.07, 6.45) is 1.73. The van der Waals surface area contributed by atoms with Gasteiger partial charge in [0.15, 0.2) is 5.69 Å². The van der Waals surface area contributed by atoms with Crippen LogP contribution < -0.4 is 5.32 Å². The average molecular weight is 378 g/mol. The highest BCUT2D eigenvalue weighted by atomic mass is 127. The Kier molecular flexibility index (Phi) is 3.76. The molecular formula is C11H9ClIN3O2. The van der Waals surface area contributed by atoms with Crippen LogP contribution in [0.25, 0.3) is 0 Å². The van der Waals surface area contributed by atoms with Crippen molar-refractivity contribution in [3.8, 4) is 5.75 Å². The molecule has 2 aromatic rings. The number of benzene rings is 1. The number of phenolic OH excluding ortho intramolecular Hbond substituents is 1. The molecule has 18 heavy (non-hydrogen) atoms. The first-order chi connectivity index (χ1) is 8.47. The summed E-state index contributed by atoms with van der Waals surface area (Å²) in [6, 6.07) is 4.43.